The van der Waals surface area contributed by atoms with Crippen molar-refractivity contribution in [2.24, 2.45) is 0 Å². The predicted octanol–water partition coefficient (Wildman–Crippen LogP) is 1.15. The molecular weight excluding hydrogens is 334 g/mol. The molecular formula is C15H19N3O5S. The summed E-state index contributed by atoms with van der Waals surface area (Å²) >= 11 is 0. The average Bonchev–Trinajstić information content (AvgIpc) is 2.52. The summed E-state index contributed by atoms with van der Waals surface area (Å²) in [5, 5.41) is 10.6. The number of nitrogens with one attached hydrogen (secondary N) is 1. The molecule has 1 saturated heterocycles. The number of sulfonamides is 1. The molecule has 0 aromatic heterocycles. The van der Waals surface area contributed by atoms with E-state index in [-0.39, 0.29) is 17.6 Å². The van der Waals surface area contributed by atoms with E-state index in [2.05, 4.69) is 4.72 Å². The number of carbonyl (C=O) groups is 1. The maximum absolute atomic E-state index is 12.1. The van der Waals surface area contributed by atoms with E-state index >= 15 is 0 Å². The van der Waals surface area contributed by atoms with Crippen molar-refractivity contribution in [3.63, 3.8) is 0 Å². The first-order chi connectivity index (χ1) is 11.2. The van der Waals surface area contributed by atoms with Crippen LogP contribution in [0.15, 0.2) is 30.3 Å². The van der Waals surface area contributed by atoms with Crippen LogP contribution in [0, 0.1) is 10.1 Å². The van der Waals surface area contributed by atoms with Gasteiger partial charge < -0.3 is 4.90 Å². The van der Waals surface area contributed by atoms with Gasteiger partial charge in [-0.2, -0.15) is 0 Å². The zero-order valence-corrected chi connectivity index (χ0v) is 14.0. The molecule has 9 heteroatoms. The van der Waals surface area contributed by atoms with Gasteiger partial charge in [-0.15, -0.1) is 0 Å². The molecule has 1 aromatic rings. The Morgan fingerprint density at radius 3 is 2.38 bits per heavy atom. The van der Waals surface area contributed by atoms with E-state index in [9.17, 15) is 23.3 Å². The summed E-state index contributed by atoms with van der Waals surface area (Å²) in [4.78, 5) is 23.9. The molecule has 0 radical (unpaired) electrons. The van der Waals surface area contributed by atoms with Crippen molar-refractivity contribution >= 4 is 27.7 Å². The number of likely N-dealkylation sites (tertiary alicyclic amines) is 1. The number of nitro benzene ring substituents is 1. The van der Waals surface area contributed by atoms with Crippen LogP contribution in [0.5, 0.6) is 0 Å². The van der Waals surface area contributed by atoms with Crippen LogP contribution in [0.1, 0.15) is 18.4 Å². The van der Waals surface area contributed by atoms with Gasteiger partial charge in [0.2, 0.25) is 15.9 Å². The van der Waals surface area contributed by atoms with Gasteiger partial charge in [-0.05, 0) is 36.6 Å². The SMILES string of the molecule is CS(=O)(=O)NC1CCN(C(=O)/C=C/c2ccc([N+](=O)[O-])cc2)CC1. The first kappa shape index (κ1) is 18.1. The summed E-state index contributed by atoms with van der Waals surface area (Å²) < 4.78 is 24.9. The van der Waals surface area contributed by atoms with E-state index in [0.717, 1.165) is 6.26 Å². The number of hydrogen-bond donors (Lipinski definition) is 1. The van der Waals surface area contributed by atoms with Gasteiger partial charge in [0.25, 0.3) is 5.69 Å². The second-order valence-corrected chi connectivity index (χ2v) is 7.45. The minimum Gasteiger partial charge on any atom is -0.339 e. The highest BCUT2D eigenvalue weighted by Gasteiger charge is 2.23. The lowest BCUT2D eigenvalue weighted by atomic mass is 10.1. The van der Waals surface area contributed by atoms with Crippen molar-refractivity contribution in [3.8, 4) is 0 Å². The Bertz CT molecular complexity index is 735. The topological polar surface area (TPSA) is 110 Å². The van der Waals surface area contributed by atoms with Gasteiger partial charge in [0, 0.05) is 37.3 Å². The summed E-state index contributed by atoms with van der Waals surface area (Å²) in [6.07, 6.45) is 5.30. The van der Waals surface area contributed by atoms with E-state index in [1.807, 2.05) is 0 Å². The Labute approximate surface area is 140 Å². The Kier molecular flexibility index (Phi) is 5.68. The third-order valence-electron chi connectivity index (χ3n) is 3.71. The van der Waals surface area contributed by atoms with E-state index in [4.69, 9.17) is 0 Å². The molecule has 8 nitrogen and oxygen atoms in total. The molecule has 0 spiro atoms. The highest BCUT2D eigenvalue weighted by Crippen LogP contribution is 2.14. The van der Waals surface area contributed by atoms with E-state index < -0.39 is 14.9 Å². The monoisotopic (exact) mass is 353 g/mol. The molecule has 0 bridgehead atoms. The van der Waals surface area contributed by atoms with Gasteiger partial charge in [-0.3, -0.25) is 14.9 Å². The lowest BCUT2D eigenvalue weighted by molar-refractivity contribution is -0.384. The van der Waals surface area contributed by atoms with Gasteiger partial charge in [0.1, 0.15) is 0 Å². The van der Waals surface area contributed by atoms with Gasteiger partial charge in [-0.25, -0.2) is 13.1 Å². The summed E-state index contributed by atoms with van der Waals surface area (Å²) in [5.41, 5.74) is 0.696. The van der Waals surface area contributed by atoms with E-state index in [1.54, 1.807) is 23.1 Å². The molecule has 0 atom stereocenters. The number of amides is 1. The predicted molar refractivity (Wildman–Crippen MR) is 89.7 cm³/mol. The molecule has 1 fully saturated rings. The van der Waals surface area contributed by atoms with Crippen LogP contribution >= 0.6 is 0 Å². The zero-order chi connectivity index (χ0) is 17.7. The molecule has 2 rings (SSSR count). The molecule has 130 valence electrons. The number of non-ortho nitro benzene ring substituents is 1. The number of piperidine rings is 1. The van der Waals surface area contributed by atoms with Crippen LogP contribution in [-0.2, 0) is 14.8 Å². The van der Waals surface area contributed by atoms with Crippen molar-refractivity contribution in [3.05, 3.63) is 46.0 Å². The Balaban J connectivity index is 1.88. The summed E-state index contributed by atoms with van der Waals surface area (Å²) in [5.74, 6) is -0.161. The molecule has 1 aromatic carbocycles. The maximum atomic E-state index is 12.1. The molecule has 1 aliphatic heterocycles. The van der Waals surface area contributed by atoms with Crippen molar-refractivity contribution < 1.29 is 18.1 Å². The third kappa shape index (κ3) is 5.43. The van der Waals surface area contributed by atoms with E-state index in [1.165, 1.54) is 18.2 Å². The standard InChI is InChI=1S/C15H19N3O5S/c1-24(22,23)16-13-8-10-17(11-9-13)15(19)7-4-12-2-5-14(6-3-12)18(20)21/h2-7,13,16H,8-11H2,1H3/b7-4+. The lowest BCUT2D eigenvalue weighted by Gasteiger charge is -2.31. The normalized spacial score (nSPS) is 16.5. The molecule has 1 heterocycles. The first-order valence-electron chi connectivity index (χ1n) is 7.43. The van der Waals surface area contributed by atoms with Gasteiger partial charge >= 0.3 is 0 Å². The first-order valence-corrected chi connectivity index (χ1v) is 9.32. The molecule has 0 aliphatic carbocycles. The quantitative estimate of drug-likeness (QED) is 0.485. The Morgan fingerprint density at radius 1 is 1.29 bits per heavy atom. The van der Waals surface area contributed by atoms with Crippen LogP contribution < -0.4 is 4.72 Å². The number of hydrogen-bond acceptors (Lipinski definition) is 5. The molecule has 1 N–H and O–H groups in total. The van der Waals surface area contributed by atoms with Crippen molar-refractivity contribution in [1.82, 2.24) is 9.62 Å². The zero-order valence-electron chi connectivity index (χ0n) is 13.2. The smallest absolute Gasteiger partial charge is 0.269 e. The van der Waals surface area contributed by atoms with Crippen LogP contribution in [0.3, 0.4) is 0 Å². The minimum absolute atomic E-state index is 0.000995. The number of nitrogens with zero attached hydrogens (tertiary/aromatic N) is 2. The van der Waals surface area contributed by atoms with Crippen LogP contribution in [-0.4, -0.2) is 49.5 Å². The van der Waals surface area contributed by atoms with Crippen LogP contribution in [0.2, 0.25) is 0 Å². The highest BCUT2D eigenvalue weighted by atomic mass is 32.2. The van der Waals surface area contributed by atoms with Gasteiger partial charge in [-0.1, -0.05) is 0 Å². The Hall–Kier alpha value is -2.26. The second-order valence-electron chi connectivity index (χ2n) is 5.67. The second kappa shape index (κ2) is 7.54. The lowest BCUT2D eigenvalue weighted by Crippen LogP contribution is -2.45. The summed E-state index contributed by atoms with van der Waals surface area (Å²) in [6, 6.07) is 5.77. The molecule has 0 unspecified atom stereocenters. The van der Waals surface area contributed by atoms with Gasteiger partial charge in [0.15, 0.2) is 0 Å². The van der Waals surface area contributed by atoms with E-state index in [0.29, 0.717) is 31.5 Å². The third-order valence-corrected chi connectivity index (χ3v) is 4.47. The average molecular weight is 353 g/mol. The Morgan fingerprint density at radius 2 is 1.88 bits per heavy atom. The fourth-order valence-corrected chi connectivity index (χ4v) is 3.34. The summed E-state index contributed by atoms with van der Waals surface area (Å²) in [6.45, 7) is 0.966. The van der Waals surface area contributed by atoms with Crippen LogP contribution in [0.25, 0.3) is 6.08 Å². The summed E-state index contributed by atoms with van der Waals surface area (Å²) in [7, 11) is -3.23. The van der Waals surface area contributed by atoms with Crippen LogP contribution in [0.4, 0.5) is 5.69 Å². The maximum Gasteiger partial charge on any atom is 0.269 e. The number of benzene rings is 1. The molecule has 24 heavy (non-hydrogen) atoms. The highest BCUT2D eigenvalue weighted by molar-refractivity contribution is 7.88. The number of carbonyl (C=O) groups excluding carboxylic acids is 1. The largest absolute Gasteiger partial charge is 0.339 e. The molecule has 0 saturated carbocycles. The fourth-order valence-electron chi connectivity index (χ4n) is 2.50. The minimum atomic E-state index is -3.23. The van der Waals surface area contributed by atoms with Gasteiger partial charge in [0.05, 0.1) is 11.2 Å². The fraction of sp³-hybridized carbons (Fsp3) is 0.400. The van der Waals surface area contributed by atoms with Crippen molar-refractivity contribution in [2.45, 2.75) is 18.9 Å². The molecule has 1 amide bonds. The van der Waals surface area contributed by atoms with Crippen molar-refractivity contribution in [1.29, 1.82) is 0 Å². The molecule has 1 aliphatic rings. The van der Waals surface area contributed by atoms with Crippen molar-refractivity contribution in [2.75, 3.05) is 19.3 Å². The number of nitro groups is 1. The number of rotatable bonds is 5.